The van der Waals surface area contributed by atoms with Crippen LogP contribution in [0.1, 0.15) is 33.1 Å². The van der Waals surface area contributed by atoms with Crippen LogP contribution in [0.25, 0.3) is 0 Å². The van der Waals surface area contributed by atoms with E-state index < -0.39 is 0 Å². The van der Waals surface area contributed by atoms with Crippen molar-refractivity contribution in [3.8, 4) is 0 Å². The minimum Gasteiger partial charge on any atom is -0.382 e. The van der Waals surface area contributed by atoms with Gasteiger partial charge in [0.25, 0.3) is 0 Å². The van der Waals surface area contributed by atoms with Crippen molar-refractivity contribution in [2.24, 2.45) is 5.73 Å². The van der Waals surface area contributed by atoms with E-state index in [2.05, 4.69) is 13.8 Å². The number of hydrogen-bond acceptors (Lipinski definition) is 4. The summed E-state index contributed by atoms with van der Waals surface area (Å²) in [6.45, 7) is 7.56. The normalized spacial score (nSPS) is 12.0. The number of rotatable bonds is 11. The fourth-order valence-corrected chi connectivity index (χ4v) is 1.50. The molecule has 0 unspecified atom stereocenters. The molecule has 4 heteroatoms. The molecule has 0 bridgehead atoms. The lowest BCUT2D eigenvalue weighted by atomic mass is 9.97. The summed E-state index contributed by atoms with van der Waals surface area (Å²) in [6, 6.07) is 0. The maximum Gasteiger partial charge on any atom is 0.0798 e. The van der Waals surface area contributed by atoms with Crippen LogP contribution in [0.2, 0.25) is 0 Å². The highest BCUT2D eigenvalue weighted by Gasteiger charge is 2.24. The van der Waals surface area contributed by atoms with E-state index in [1.165, 1.54) is 0 Å². The summed E-state index contributed by atoms with van der Waals surface area (Å²) in [5.74, 6) is 0. The predicted molar refractivity (Wildman–Crippen MR) is 65.6 cm³/mol. The van der Waals surface area contributed by atoms with Gasteiger partial charge in [0.05, 0.1) is 18.8 Å². The molecule has 0 aromatic rings. The number of nitrogens with two attached hydrogens (primary N) is 1. The van der Waals surface area contributed by atoms with E-state index in [4.69, 9.17) is 19.9 Å². The summed E-state index contributed by atoms with van der Waals surface area (Å²) in [6.07, 6.45) is 2.83. The molecule has 0 aliphatic heterocycles. The second-order valence-corrected chi connectivity index (χ2v) is 3.90. The van der Waals surface area contributed by atoms with Gasteiger partial charge in [-0.25, -0.2) is 0 Å². The highest BCUT2D eigenvalue weighted by molar-refractivity contribution is 4.78. The van der Waals surface area contributed by atoms with Crippen LogP contribution < -0.4 is 5.73 Å². The standard InChI is InChI=1S/C12H27NO3/c1-4-12(5-2,11-13)16-8-6-7-15-10-9-14-3/h4-11,13H2,1-3H3. The summed E-state index contributed by atoms with van der Waals surface area (Å²) >= 11 is 0. The zero-order chi connectivity index (χ0) is 12.3. The average Bonchev–Trinajstić information content (AvgIpc) is 2.34. The molecule has 0 aromatic carbocycles. The van der Waals surface area contributed by atoms with Gasteiger partial charge in [0.15, 0.2) is 0 Å². The van der Waals surface area contributed by atoms with Crippen LogP contribution in [0, 0.1) is 0 Å². The van der Waals surface area contributed by atoms with Gasteiger partial charge in [-0.15, -0.1) is 0 Å². The van der Waals surface area contributed by atoms with Crippen molar-refractivity contribution in [2.75, 3.05) is 40.1 Å². The van der Waals surface area contributed by atoms with Gasteiger partial charge in [-0.2, -0.15) is 0 Å². The highest BCUT2D eigenvalue weighted by Crippen LogP contribution is 2.18. The van der Waals surface area contributed by atoms with Crippen molar-refractivity contribution < 1.29 is 14.2 Å². The number of hydrogen-bond donors (Lipinski definition) is 1. The Bertz CT molecular complexity index is 141. The topological polar surface area (TPSA) is 53.7 Å². The molecule has 16 heavy (non-hydrogen) atoms. The molecule has 98 valence electrons. The Kier molecular flexibility index (Phi) is 9.92. The molecule has 0 saturated heterocycles. The fourth-order valence-electron chi connectivity index (χ4n) is 1.50. The molecule has 0 radical (unpaired) electrons. The third kappa shape index (κ3) is 6.43. The maximum absolute atomic E-state index is 5.85. The molecule has 0 atom stereocenters. The molecule has 0 fully saturated rings. The van der Waals surface area contributed by atoms with Gasteiger partial charge >= 0.3 is 0 Å². The number of ether oxygens (including phenoxy) is 3. The van der Waals surface area contributed by atoms with Crippen molar-refractivity contribution in [3.05, 3.63) is 0 Å². The second kappa shape index (κ2) is 10.0. The Hall–Kier alpha value is -0.160. The minimum absolute atomic E-state index is 0.132. The van der Waals surface area contributed by atoms with Crippen LogP contribution in [0.15, 0.2) is 0 Å². The lowest BCUT2D eigenvalue weighted by molar-refractivity contribution is -0.0525. The number of methoxy groups -OCH3 is 1. The summed E-state index contributed by atoms with van der Waals surface area (Å²) in [7, 11) is 1.67. The van der Waals surface area contributed by atoms with Crippen LogP contribution in [0.5, 0.6) is 0 Å². The monoisotopic (exact) mass is 233 g/mol. The third-order valence-electron chi connectivity index (χ3n) is 2.93. The molecule has 4 nitrogen and oxygen atoms in total. The molecule has 0 aliphatic rings. The van der Waals surface area contributed by atoms with Crippen molar-refractivity contribution >= 4 is 0 Å². The van der Waals surface area contributed by atoms with Crippen molar-refractivity contribution in [2.45, 2.75) is 38.7 Å². The van der Waals surface area contributed by atoms with Crippen molar-refractivity contribution in [3.63, 3.8) is 0 Å². The quantitative estimate of drug-likeness (QED) is 0.550. The van der Waals surface area contributed by atoms with E-state index >= 15 is 0 Å². The smallest absolute Gasteiger partial charge is 0.0798 e. The molecule has 0 heterocycles. The van der Waals surface area contributed by atoms with Gasteiger partial charge in [0, 0.05) is 26.9 Å². The van der Waals surface area contributed by atoms with Crippen LogP contribution in [0.3, 0.4) is 0 Å². The largest absolute Gasteiger partial charge is 0.382 e. The second-order valence-electron chi connectivity index (χ2n) is 3.90. The van der Waals surface area contributed by atoms with Gasteiger partial charge in [-0.3, -0.25) is 0 Å². The third-order valence-corrected chi connectivity index (χ3v) is 2.93. The molecule has 0 saturated carbocycles. The fraction of sp³-hybridized carbons (Fsp3) is 1.00. The lowest BCUT2D eigenvalue weighted by Gasteiger charge is -2.30. The van der Waals surface area contributed by atoms with Gasteiger partial charge in [0.1, 0.15) is 0 Å². The van der Waals surface area contributed by atoms with E-state index in [9.17, 15) is 0 Å². The molecule has 0 aromatic heterocycles. The van der Waals surface area contributed by atoms with E-state index in [1.54, 1.807) is 7.11 Å². The first kappa shape index (κ1) is 15.8. The average molecular weight is 233 g/mol. The highest BCUT2D eigenvalue weighted by atomic mass is 16.5. The Morgan fingerprint density at radius 1 is 1.00 bits per heavy atom. The van der Waals surface area contributed by atoms with Gasteiger partial charge in [-0.05, 0) is 19.3 Å². The molecule has 0 aliphatic carbocycles. The Balaban J connectivity index is 3.48. The Morgan fingerprint density at radius 2 is 1.69 bits per heavy atom. The minimum atomic E-state index is -0.132. The molecular weight excluding hydrogens is 206 g/mol. The summed E-state index contributed by atoms with van der Waals surface area (Å²) < 4.78 is 16.1. The molecule has 0 rings (SSSR count). The zero-order valence-corrected chi connectivity index (χ0v) is 11.0. The van der Waals surface area contributed by atoms with Crippen LogP contribution >= 0.6 is 0 Å². The first-order valence-corrected chi connectivity index (χ1v) is 6.15. The van der Waals surface area contributed by atoms with E-state index in [-0.39, 0.29) is 5.60 Å². The molecule has 0 amide bonds. The molecule has 2 N–H and O–H groups in total. The zero-order valence-electron chi connectivity index (χ0n) is 11.0. The van der Waals surface area contributed by atoms with Crippen molar-refractivity contribution in [1.29, 1.82) is 0 Å². The van der Waals surface area contributed by atoms with Crippen LogP contribution in [-0.2, 0) is 14.2 Å². The van der Waals surface area contributed by atoms with Gasteiger partial charge < -0.3 is 19.9 Å². The van der Waals surface area contributed by atoms with Gasteiger partial charge in [0.2, 0.25) is 0 Å². The predicted octanol–water partition coefficient (Wildman–Crippen LogP) is 1.57. The lowest BCUT2D eigenvalue weighted by Crippen LogP contribution is -2.40. The first-order valence-electron chi connectivity index (χ1n) is 6.15. The molecule has 0 spiro atoms. The Morgan fingerprint density at radius 3 is 2.19 bits per heavy atom. The van der Waals surface area contributed by atoms with Gasteiger partial charge in [-0.1, -0.05) is 13.8 Å². The summed E-state index contributed by atoms with van der Waals surface area (Å²) in [5.41, 5.74) is 5.60. The van der Waals surface area contributed by atoms with Crippen molar-refractivity contribution in [1.82, 2.24) is 0 Å². The maximum atomic E-state index is 5.85. The van der Waals surface area contributed by atoms with E-state index in [0.29, 0.717) is 26.4 Å². The first-order chi connectivity index (χ1) is 7.74. The summed E-state index contributed by atoms with van der Waals surface area (Å²) in [4.78, 5) is 0. The van der Waals surface area contributed by atoms with E-state index in [0.717, 1.165) is 25.9 Å². The molecular formula is C12H27NO3. The Labute approximate surface area is 99.4 Å². The van der Waals surface area contributed by atoms with Crippen LogP contribution in [-0.4, -0.2) is 45.7 Å². The van der Waals surface area contributed by atoms with E-state index in [1.807, 2.05) is 0 Å². The van der Waals surface area contributed by atoms with Crippen LogP contribution in [0.4, 0.5) is 0 Å². The summed E-state index contributed by atoms with van der Waals surface area (Å²) in [5, 5.41) is 0. The SMILES string of the molecule is CCC(CC)(CN)OCCCOCCOC.